The molecule has 0 aliphatic rings. The monoisotopic (exact) mass is 868 g/mol. The van der Waals surface area contributed by atoms with Crippen molar-refractivity contribution in [1.29, 1.82) is 0 Å². The molecule has 0 aliphatic carbocycles. The number of hydrogen-bond acceptors (Lipinski definition) is 11. The molecule has 2 unspecified atom stereocenters. The molecular weight excluding hydrogens is 790 g/mol. The molecule has 4 atom stereocenters. The molecule has 0 aromatic carbocycles. The predicted octanol–water partition coefficient (Wildman–Crippen LogP) is 9.87. The second-order valence-electron chi connectivity index (χ2n) is 14.8. The minimum atomic E-state index is -4.88. The van der Waals surface area contributed by atoms with Crippen LogP contribution in [0, 0.1) is 0 Å². The molecule has 0 bridgehead atoms. The summed E-state index contributed by atoms with van der Waals surface area (Å²) >= 11 is 0. The third kappa shape index (κ3) is 41.1. The minimum Gasteiger partial charge on any atom is -0.462 e. The maximum Gasteiger partial charge on any atom is 0.472 e. The van der Waals surface area contributed by atoms with Crippen LogP contribution in [-0.4, -0.2) is 81.6 Å². The summed E-state index contributed by atoms with van der Waals surface area (Å²) in [5, 5.41) is 20.0. The molecule has 5 N–H and O–H groups in total. The second-order valence-corrected chi connectivity index (χ2v) is 17.5. The van der Waals surface area contributed by atoms with Crippen LogP contribution in [0.15, 0.2) is 36.5 Å². The zero-order valence-corrected chi connectivity index (χ0v) is 37.3. The van der Waals surface area contributed by atoms with E-state index in [0.717, 1.165) is 32.1 Å². The molecule has 0 radical (unpaired) electrons. The average Bonchev–Trinajstić information content (AvgIpc) is 3.17. The summed E-state index contributed by atoms with van der Waals surface area (Å²) in [5.41, 5.74) is 0. The minimum absolute atomic E-state index is 0.0907. The van der Waals surface area contributed by atoms with Crippen molar-refractivity contribution in [3.05, 3.63) is 36.5 Å². The number of unbranched alkanes of at least 4 members (excludes halogenated alkanes) is 18. The van der Waals surface area contributed by atoms with Gasteiger partial charge >= 0.3 is 27.6 Å². The average molecular weight is 869 g/mol. The molecule has 0 fully saturated rings. The molecule has 0 spiro atoms. The van der Waals surface area contributed by atoms with Gasteiger partial charge in [0.15, 0.2) is 6.10 Å². The molecule has 0 saturated carbocycles. The molecular formula is C42H78O14P2. The Morgan fingerprint density at radius 3 is 1.67 bits per heavy atom. The Labute approximate surface area is 349 Å². The van der Waals surface area contributed by atoms with E-state index < -0.39 is 72.3 Å². The number of ether oxygens (including phenoxy) is 2. The molecule has 0 aromatic rings. The van der Waals surface area contributed by atoms with E-state index in [1.807, 2.05) is 12.2 Å². The van der Waals surface area contributed by atoms with E-state index in [4.69, 9.17) is 23.8 Å². The first kappa shape index (κ1) is 56.3. The first-order valence-electron chi connectivity index (χ1n) is 21.8. The van der Waals surface area contributed by atoms with Crippen molar-refractivity contribution in [2.24, 2.45) is 0 Å². The highest BCUT2D eigenvalue weighted by Crippen LogP contribution is 2.43. The van der Waals surface area contributed by atoms with Gasteiger partial charge in [-0.1, -0.05) is 159 Å². The Morgan fingerprint density at radius 1 is 0.569 bits per heavy atom. The smallest absolute Gasteiger partial charge is 0.462 e. The summed E-state index contributed by atoms with van der Waals surface area (Å²) in [5.74, 6) is -1.22. The van der Waals surface area contributed by atoms with Gasteiger partial charge in [-0.2, -0.15) is 0 Å². The Morgan fingerprint density at radius 2 is 1.09 bits per heavy atom. The summed E-state index contributed by atoms with van der Waals surface area (Å²) < 4.78 is 47.6. The maximum absolute atomic E-state index is 12.7. The number of carbonyl (C=O) groups excluding carboxylic acids is 2. The quantitative estimate of drug-likeness (QED) is 0.0127. The molecule has 0 rings (SSSR count). The van der Waals surface area contributed by atoms with E-state index in [1.54, 1.807) is 12.2 Å². The van der Waals surface area contributed by atoms with Crippen molar-refractivity contribution in [3.63, 3.8) is 0 Å². The molecule has 14 nitrogen and oxygen atoms in total. The highest BCUT2D eigenvalue weighted by molar-refractivity contribution is 7.47. The SMILES string of the molecule is CCCCCCCC/C=C/C/C=C/C=C/C(O)CCCC(=O)O[C@H](COC(=O)CCCCCCCCCCCCCCC)COP(=O)(O)OC[C@@H](O)COP(=O)(O)O. The topological polar surface area (TPSA) is 216 Å². The number of carbonyl (C=O) groups is 2. The lowest BCUT2D eigenvalue weighted by Gasteiger charge is -2.20. The van der Waals surface area contributed by atoms with Crippen molar-refractivity contribution >= 4 is 27.6 Å². The molecule has 16 heteroatoms. The zero-order chi connectivity index (χ0) is 43.2. The predicted molar refractivity (Wildman–Crippen MR) is 227 cm³/mol. The molecule has 0 aliphatic heterocycles. The molecule has 340 valence electrons. The molecule has 0 amide bonds. The number of allylic oxidation sites excluding steroid dienone is 5. The van der Waals surface area contributed by atoms with E-state index in [0.29, 0.717) is 6.42 Å². The molecule has 0 saturated heterocycles. The fourth-order valence-corrected chi connectivity index (χ4v) is 6.92. The standard InChI is InChI=1S/C42H78O14P2/c1-3-5-7-9-11-13-15-17-19-21-23-25-27-30-38(43)31-29-33-42(46)56-40(37-55-58(50,51)54-35-39(44)34-53-57(47,48)49)36-52-41(45)32-28-26-24-22-20-18-16-14-12-10-8-6-4-2/h17,19,23,25,27,30,38-40,43-44H,3-16,18,20-22,24,26,28-29,31-37H2,1-2H3,(H,50,51)(H2,47,48,49)/b19-17+,25-23+,30-27+/t38?,39-,40+/m0/s1. The van der Waals surface area contributed by atoms with Gasteiger partial charge in [-0.05, 0) is 38.5 Å². The Kier molecular flexibility index (Phi) is 37.1. The first-order valence-corrected chi connectivity index (χ1v) is 24.8. The normalized spacial score (nSPS) is 14.9. The van der Waals surface area contributed by atoms with E-state index in [2.05, 4.69) is 35.0 Å². The summed E-state index contributed by atoms with van der Waals surface area (Å²) in [6.45, 7) is 1.54. The lowest BCUT2D eigenvalue weighted by molar-refractivity contribution is -0.161. The number of rotatable bonds is 41. The van der Waals surface area contributed by atoms with Crippen LogP contribution in [0.3, 0.4) is 0 Å². The Bertz CT molecular complexity index is 1190. The lowest BCUT2D eigenvalue weighted by Crippen LogP contribution is -2.30. The summed E-state index contributed by atoms with van der Waals surface area (Å²) in [6, 6.07) is 0. The third-order valence-corrected chi connectivity index (χ3v) is 10.6. The van der Waals surface area contributed by atoms with Crippen LogP contribution >= 0.6 is 15.6 Å². The van der Waals surface area contributed by atoms with Crippen molar-refractivity contribution in [2.45, 2.75) is 193 Å². The van der Waals surface area contributed by atoms with Crippen molar-refractivity contribution < 1.29 is 66.7 Å². The van der Waals surface area contributed by atoms with Crippen LogP contribution in [0.5, 0.6) is 0 Å². The largest absolute Gasteiger partial charge is 0.472 e. The van der Waals surface area contributed by atoms with E-state index in [9.17, 15) is 33.8 Å². The molecule has 0 aromatic heterocycles. The van der Waals surface area contributed by atoms with Crippen LogP contribution in [0.25, 0.3) is 0 Å². The Hall–Kier alpha value is -1.70. The zero-order valence-electron chi connectivity index (χ0n) is 35.5. The number of esters is 2. The van der Waals surface area contributed by atoms with Gasteiger partial charge in [0.2, 0.25) is 0 Å². The van der Waals surface area contributed by atoms with E-state index in [-0.39, 0.29) is 25.7 Å². The van der Waals surface area contributed by atoms with Gasteiger partial charge < -0.3 is 34.4 Å². The number of phosphoric acid groups is 2. The first-order chi connectivity index (χ1) is 27.8. The van der Waals surface area contributed by atoms with Gasteiger partial charge in [0.25, 0.3) is 0 Å². The third-order valence-electron chi connectivity index (χ3n) is 9.13. The van der Waals surface area contributed by atoms with Gasteiger partial charge in [-0.25, -0.2) is 9.13 Å². The number of hydrogen-bond donors (Lipinski definition) is 5. The van der Waals surface area contributed by atoms with Gasteiger partial charge in [0.1, 0.15) is 12.7 Å². The fraction of sp³-hybridized carbons (Fsp3) is 0.810. The number of aliphatic hydroxyl groups is 2. The Balaban J connectivity index is 4.70. The van der Waals surface area contributed by atoms with Gasteiger partial charge in [0.05, 0.1) is 25.9 Å². The van der Waals surface area contributed by atoms with Crippen LogP contribution in [-0.2, 0) is 41.8 Å². The number of aliphatic hydroxyl groups excluding tert-OH is 2. The van der Waals surface area contributed by atoms with Crippen LogP contribution in [0.1, 0.15) is 174 Å². The second kappa shape index (κ2) is 38.2. The number of phosphoric ester groups is 2. The van der Waals surface area contributed by atoms with E-state index >= 15 is 0 Å². The van der Waals surface area contributed by atoms with Crippen LogP contribution < -0.4 is 0 Å². The highest BCUT2D eigenvalue weighted by atomic mass is 31.2. The van der Waals surface area contributed by atoms with Gasteiger partial charge in [-0.15, -0.1) is 0 Å². The fourth-order valence-electron chi connectivity index (χ4n) is 5.77. The maximum atomic E-state index is 12.7. The molecule has 0 heterocycles. The van der Waals surface area contributed by atoms with Crippen LogP contribution in [0.2, 0.25) is 0 Å². The lowest BCUT2D eigenvalue weighted by atomic mass is 10.0. The highest BCUT2D eigenvalue weighted by Gasteiger charge is 2.28. The van der Waals surface area contributed by atoms with E-state index in [1.165, 1.54) is 96.3 Å². The van der Waals surface area contributed by atoms with Gasteiger partial charge in [-0.3, -0.25) is 23.2 Å². The summed E-state index contributed by atoms with van der Waals surface area (Å²) in [7, 11) is -9.74. The summed E-state index contributed by atoms with van der Waals surface area (Å²) in [6.07, 6.45) is 33.1. The summed E-state index contributed by atoms with van der Waals surface area (Å²) in [4.78, 5) is 52.6. The van der Waals surface area contributed by atoms with Crippen molar-refractivity contribution in [3.8, 4) is 0 Å². The van der Waals surface area contributed by atoms with Crippen molar-refractivity contribution in [2.75, 3.05) is 26.4 Å². The van der Waals surface area contributed by atoms with Crippen LogP contribution in [0.4, 0.5) is 0 Å². The molecule has 58 heavy (non-hydrogen) atoms. The van der Waals surface area contributed by atoms with Gasteiger partial charge in [0, 0.05) is 12.8 Å². The van der Waals surface area contributed by atoms with Crippen molar-refractivity contribution in [1.82, 2.24) is 0 Å².